The fourth-order valence-electron chi connectivity index (χ4n) is 4.22. The van der Waals surface area contributed by atoms with Crippen molar-refractivity contribution < 1.29 is 14.4 Å². The van der Waals surface area contributed by atoms with Crippen molar-refractivity contribution >= 4 is 12.9 Å². The van der Waals surface area contributed by atoms with Gasteiger partial charge in [-0.25, -0.2) is 0 Å². The number of hydrogen-bond donors (Lipinski definition) is 2. The van der Waals surface area contributed by atoms with Crippen LogP contribution in [-0.4, -0.2) is 9.79 Å². The van der Waals surface area contributed by atoms with E-state index in [0.29, 0.717) is 0 Å². The number of hydrogen-bond acceptors (Lipinski definition) is 1. The van der Waals surface area contributed by atoms with Crippen molar-refractivity contribution in [1.82, 2.24) is 0 Å². The van der Waals surface area contributed by atoms with Gasteiger partial charge in [-0.05, 0) is 24.5 Å². The molecule has 1 rings (SSSR count). The lowest BCUT2D eigenvalue weighted by atomic mass is 10.0. The summed E-state index contributed by atoms with van der Waals surface area (Å²) in [4.78, 5) is 18.9. The Bertz CT molecular complexity index is 567. The van der Waals surface area contributed by atoms with E-state index >= 15 is 0 Å². The average molecular weight is 439 g/mol. The molecule has 2 N–H and O–H groups in total. The van der Waals surface area contributed by atoms with Gasteiger partial charge in [-0.15, -0.1) is 0 Å². The first-order chi connectivity index (χ1) is 14.6. The quantitative estimate of drug-likeness (QED) is 0.160. The lowest BCUT2D eigenvalue weighted by Crippen LogP contribution is -2.10. The zero-order valence-corrected chi connectivity index (χ0v) is 20.4. The van der Waals surface area contributed by atoms with Crippen molar-refractivity contribution in [3.8, 4) is 0 Å². The van der Waals surface area contributed by atoms with Crippen LogP contribution in [0.3, 0.4) is 0 Å². The molecule has 0 aromatic heterocycles. The summed E-state index contributed by atoms with van der Waals surface area (Å²) in [6.45, 7) is 2.28. The molecule has 30 heavy (non-hydrogen) atoms. The number of benzene rings is 1. The van der Waals surface area contributed by atoms with Crippen LogP contribution in [0.5, 0.6) is 0 Å². The maximum Gasteiger partial charge on any atom is 0.356 e. The normalized spacial score (nSPS) is 11.8. The highest BCUT2D eigenvalue weighted by atomic mass is 31.2. The number of rotatable bonds is 20. The molecule has 0 aliphatic rings. The van der Waals surface area contributed by atoms with E-state index in [4.69, 9.17) is 0 Å². The van der Waals surface area contributed by atoms with E-state index in [1.807, 2.05) is 12.1 Å². The summed E-state index contributed by atoms with van der Waals surface area (Å²) >= 11 is 0. The molecule has 1 aromatic rings. The van der Waals surface area contributed by atoms with E-state index in [2.05, 4.69) is 6.92 Å². The zero-order chi connectivity index (χ0) is 21.9. The van der Waals surface area contributed by atoms with E-state index in [0.717, 1.165) is 24.8 Å². The molecule has 0 radical (unpaired) electrons. The third kappa shape index (κ3) is 14.4. The molecule has 0 aliphatic heterocycles. The molecule has 0 saturated heterocycles. The van der Waals surface area contributed by atoms with Crippen molar-refractivity contribution in [2.45, 2.75) is 129 Å². The fourth-order valence-corrected chi connectivity index (χ4v) is 5.06. The molecule has 0 spiro atoms. The minimum atomic E-state index is -4.15. The van der Waals surface area contributed by atoms with Crippen LogP contribution in [0.2, 0.25) is 0 Å². The van der Waals surface area contributed by atoms with Gasteiger partial charge in [-0.3, -0.25) is 4.57 Å². The summed E-state index contributed by atoms with van der Waals surface area (Å²) in [6.07, 6.45) is 25.1. The van der Waals surface area contributed by atoms with Gasteiger partial charge in [0.25, 0.3) is 0 Å². The van der Waals surface area contributed by atoms with Crippen LogP contribution in [0.1, 0.15) is 128 Å². The monoisotopic (exact) mass is 438 g/mol. The van der Waals surface area contributed by atoms with Crippen LogP contribution in [0.4, 0.5) is 0 Å². The zero-order valence-electron chi connectivity index (χ0n) is 19.5. The Kier molecular flexibility index (Phi) is 16.4. The van der Waals surface area contributed by atoms with Crippen LogP contribution in [0.15, 0.2) is 24.3 Å². The van der Waals surface area contributed by atoms with Crippen LogP contribution in [0, 0.1) is 0 Å². The van der Waals surface area contributed by atoms with Gasteiger partial charge in [0.1, 0.15) is 0 Å². The topological polar surface area (TPSA) is 57.5 Å². The largest absolute Gasteiger partial charge is 0.356 e. The van der Waals surface area contributed by atoms with E-state index < -0.39 is 7.60 Å². The van der Waals surface area contributed by atoms with E-state index in [9.17, 15) is 14.4 Å². The van der Waals surface area contributed by atoms with Gasteiger partial charge in [0.05, 0.1) is 5.30 Å². The molecule has 0 heterocycles. The Labute approximate surface area is 186 Å². The van der Waals surface area contributed by atoms with Gasteiger partial charge in [0, 0.05) is 0 Å². The Balaban J connectivity index is 1.86. The first-order valence-corrected chi connectivity index (χ1v) is 14.3. The van der Waals surface area contributed by atoms with Gasteiger partial charge in [0.15, 0.2) is 0 Å². The van der Waals surface area contributed by atoms with Crippen molar-refractivity contribution in [3.05, 3.63) is 29.8 Å². The SMILES string of the molecule is CCCCCCCCCCCCCCCCCCCCc1ccccc1P(=O)(O)O. The van der Waals surface area contributed by atoms with Gasteiger partial charge in [0.2, 0.25) is 0 Å². The van der Waals surface area contributed by atoms with E-state index in [1.54, 1.807) is 12.1 Å². The molecular weight excluding hydrogens is 391 g/mol. The third-order valence-electron chi connectivity index (χ3n) is 6.11. The highest BCUT2D eigenvalue weighted by Crippen LogP contribution is 2.34. The van der Waals surface area contributed by atoms with Gasteiger partial charge < -0.3 is 9.79 Å². The van der Waals surface area contributed by atoms with Crippen molar-refractivity contribution in [3.63, 3.8) is 0 Å². The minimum Gasteiger partial charge on any atom is -0.321 e. The molecule has 0 saturated carbocycles. The molecule has 0 bridgehead atoms. The Hall–Kier alpha value is -0.630. The lowest BCUT2D eigenvalue weighted by Gasteiger charge is -2.10. The molecule has 1 aromatic carbocycles. The molecule has 174 valence electrons. The number of unbranched alkanes of at least 4 members (excludes halogenated alkanes) is 17. The summed E-state index contributed by atoms with van der Waals surface area (Å²) in [5.41, 5.74) is 0.808. The van der Waals surface area contributed by atoms with E-state index in [1.165, 1.54) is 103 Å². The molecule has 0 aliphatic carbocycles. The summed E-state index contributed by atoms with van der Waals surface area (Å²) in [7, 11) is -4.15. The first kappa shape index (κ1) is 27.4. The van der Waals surface area contributed by atoms with Crippen molar-refractivity contribution in [1.29, 1.82) is 0 Å². The predicted molar refractivity (Wildman–Crippen MR) is 131 cm³/mol. The molecular formula is C26H47O3P. The maximum atomic E-state index is 11.5. The third-order valence-corrected chi connectivity index (χ3v) is 7.17. The smallest absolute Gasteiger partial charge is 0.321 e. The summed E-state index contributed by atoms with van der Waals surface area (Å²) < 4.78 is 11.5. The molecule has 3 nitrogen and oxygen atoms in total. The predicted octanol–water partition coefficient (Wildman–Crippen LogP) is 8.07. The highest BCUT2D eigenvalue weighted by molar-refractivity contribution is 7.60. The highest BCUT2D eigenvalue weighted by Gasteiger charge is 2.20. The Morgan fingerprint density at radius 2 is 0.967 bits per heavy atom. The van der Waals surface area contributed by atoms with Crippen molar-refractivity contribution in [2.75, 3.05) is 0 Å². The second-order valence-electron chi connectivity index (χ2n) is 8.93. The maximum absolute atomic E-state index is 11.5. The Morgan fingerprint density at radius 3 is 1.37 bits per heavy atom. The van der Waals surface area contributed by atoms with Gasteiger partial charge in [-0.1, -0.05) is 134 Å². The van der Waals surface area contributed by atoms with E-state index in [-0.39, 0.29) is 5.30 Å². The minimum absolute atomic E-state index is 0.206. The van der Waals surface area contributed by atoms with Crippen LogP contribution < -0.4 is 5.30 Å². The molecule has 0 amide bonds. The molecule has 0 fully saturated rings. The average Bonchev–Trinajstić information content (AvgIpc) is 2.72. The summed E-state index contributed by atoms with van der Waals surface area (Å²) in [6, 6.07) is 6.98. The second kappa shape index (κ2) is 18.0. The Morgan fingerprint density at radius 1 is 0.600 bits per heavy atom. The molecule has 4 heteroatoms. The van der Waals surface area contributed by atoms with Crippen LogP contribution in [0.25, 0.3) is 0 Å². The van der Waals surface area contributed by atoms with Crippen LogP contribution >= 0.6 is 7.60 Å². The van der Waals surface area contributed by atoms with Crippen molar-refractivity contribution in [2.24, 2.45) is 0 Å². The first-order valence-electron chi connectivity index (χ1n) is 12.7. The lowest BCUT2D eigenvalue weighted by molar-refractivity contribution is 0.387. The van der Waals surface area contributed by atoms with Gasteiger partial charge in [-0.2, -0.15) is 0 Å². The number of aryl methyl sites for hydroxylation is 1. The van der Waals surface area contributed by atoms with Gasteiger partial charge >= 0.3 is 7.60 Å². The summed E-state index contributed by atoms with van der Waals surface area (Å²) in [5, 5.41) is 0.206. The second-order valence-corrected chi connectivity index (χ2v) is 10.5. The molecule has 0 unspecified atom stereocenters. The van der Waals surface area contributed by atoms with Crippen LogP contribution in [-0.2, 0) is 11.0 Å². The fraction of sp³-hybridized carbons (Fsp3) is 0.769. The standard InChI is InChI=1S/C26H47O3P/c1-2-3-4-5-6-7-8-9-10-11-12-13-14-15-16-17-18-19-22-25-23-20-21-24-26(25)30(27,28)29/h20-21,23-24H,2-19,22H2,1H3,(H2,27,28,29). The summed E-state index contributed by atoms with van der Waals surface area (Å²) in [5.74, 6) is 0. The molecule has 0 atom stereocenters.